The van der Waals surface area contributed by atoms with E-state index in [4.69, 9.17) is 16.3 Å². The van der Waals surface area contributed by atoms with E-state index in [1.165, 1.54) is 0 Å². The SMILES string of the molecule is CNCC1CCN(C(=O)C2(c3cccc(Cl)c3)CCOCC2)C1.Cl. The van der Waals surface area contributed by atoms with E-state index in [0.29, 0.717) is 24.2 Å². The molecule has 2 heterocycles. The molecule has 1 atom stereocenters. The molecule has 2 aliphatic heterocycles. The molecule has 1 unspecified atom stereocenters. The molecule has 1 aromatic rings. The van der Waals surface area contributed by atoms with Crippen LogP contribution in [0, 0.1) is 5.92 Å². The molecule has 4 nitrogen and oxygen atoms in total. The minimum Gasteiger partial charge on any atom is -0.381 e. The summed E-state index contributed by atoms with van der Waals surface area (Å²) in [6.45, 7) is 3.94. The lowest BCUT2D eigenvalue weighted by Gasteiger charge is -2.39. The minimum absolute atomic E-state index is 0. The van der Waals surface area contributed by atoms with Gasteiger partial charge >= 0.3 is 0 Å². The standard InChI is InChI=1S/C18H25ClN2O2.ClH/c1-20-12-14-5-8-21(13-14)17(22)18(6-9-23-10-7-18)15-3-2-4-16(19)11-15;/h2-4,11,14,20H,5-10,12-13H2,1H3;1H. The van der Waals surface area contributed by atoms with Crippen molar-refractivity contribution >= 4 is 29.9 Å². The summed E-state index contributed by atoms with van der Waals surface area (Å²) in [5.41, 5.74) is 0.563. The minimum atomic E-state index is -0.475. The van der Waals surface area contributed by atoms with Gasteiger partial charge in [0.25, 0.3) is 0 Å². The largest absolute Gasteiger partial charge is 0.381 e. The Bertz CT molecular complexity index is 562. The molecule has 0 radical (unpaired) electrons. The van der Waals surface area contributed by atoms with E-state index in [-0.39, 0.29) is 18.3 Å². The number of hydrogen-bond donors (Lipinski definition) is 1. The Balaban J connectivity index is 0.00000208. The first-order valence-electron chi connectivity index (χ1n) is 8.43. The highest BCUT2D eigenvalue weighted by Gasteiger charge is 2.45. The molecule has 1 amide bonds. The highest BCUT2D eigenvalue weighted by atomic mass is 35.5. The van der Waals surface area contributed by atoms with Crippen LogP contribution in [0.1, 0.15) is 24.8 Å². The van der Waals surface area contributed by atoms with E-state index in [1.54, 1.807) is 0 Å². The maximum atomic E-state index is 13.4. The van der Waals surface area contributed by atoms with Gasteiger partial charge in [-0.1, -0.05) is 23.7 Å². The van der Waals surface area contributed by atoms with Gasteiger partial charge in [0.15, 0.2) is 0 Å². The molecular weight excluding hydrogens is 347 g/mol. The number of carbonyl (C=O) groups is 1. The van der Waals surface area contributed by atoms with Crippen molar-refractivity contribution in [3.05, 3.63) is 34.9 Å². The van der Waals surface area contributed by atoms with Gasteiger partial charge < -0.3 is 15.0 Å². The monoisotopic (exact) mass is 372 g/mol. The fourth-order valence-corrected chi connectivity index (χ4v) is 4.10. The summed E-state index contributed by atoms with van der Waals surface area (Å²) in [5.74, 6) is 0.807. The van der Waals surface area contributed by atoms with Crippen molar-refractivity contribution in [1.82, 2.24) is 10.2 Å². The normalized spacial score (nSPS) is 22.9. The molecule has 134 valence electrons. The van der Waals surface area contributed by atoms with Gasteiger partial charge in [-0.25, -0.2) is 0 Å². The van der Waals surface area contributed by atoms with E-state index in [9.17, 15) is 4.79 Å². The van der Waals surface area contributed by atoms with Crippen molar-refractivity contribution in [3.8, 4) is 0 Å². The lowest BCUT2D eigenvalue weighted by molar-refractivity contribution is -0.140. The quantitative estimate of drug-likeness (QED) is 0.883. The average molecular weight is 373 g/mol. The summed E-state index contributed by atoms with van der Waals surface area (Å²) in [4.78, 5) is 15.4. The summed E-state index contributed by atoms with van der Waals surface area (Å²) in [6, 6.07) is 7.79. The molecule has 0 bridgehead atoms. The topological polar surface area (TPSA) is 41.6 Å². The van der Waals surface area contributed by atoms with E-state index in [1.807, 2.05) is 36.2 Å². The van der Waals surface area contributed by atoms with Gasteiger partial charge in [-0.3, -0.25) is 4.79 Å². The molecule has 0 aromatic heterocycles. The predicted octanol–water partition coefficient (Wildman–Crippen LogP) is 2.88. The van der Waals surface area contributed by atoms with Gasteiger partial charge in [0.2, 0.25) is 5.91 Å². The van der Waals surface area contributed by atoms with E-state index < -0.39 is 5.41 Å². The number of rotatable bonds is 4. The fourth-order valence-electron chi connectivity index (χ4n) is 3.91. The van der Waals surface area contributed by atoms with Crippen LogP contribution in [-0.2, 0) is 14.9 Å². The van der Waals surface area contributed by atoms with Gasteiger partial charge in [-0.15, -0.1) is 12.4 Å². The van der Waals surface area contributed by atoms with Crippen molar-refractivity contribution < 1.29 is 9.53 Å². The number of carbonyl (C=O) groups excluding carboxylic acids is 1. The summed E-state index contributed by atoms with van der Waals surface area (Å²) < 4.78 is 5.54. The zero-order valence-corrected chi connectivity index (χ0v) is 15.7. The number of hydrogen-bond acceptors (Lipinski definition) is 3. The number of ether oxygens (including phenoxy) is 1. The number of nitrogens with zero attached hydrogens (tertiary/aromatic N) is 1. The van der Waals surface area contributed by atoms with Crippen molar-refractivity contribution in [1.29, 1.82) is 0 Å². The third-order valence-corrected chi connectivity index (χ3v) is 5.43. The maximum Gasteiger partial charge on any atom is 0.233 e. The van der Waals surface area contributed by atoms with Gasteiger partial charge in [-0.2, -0.15) is 0 Å². The van der Waals surface area contributed by atoms with Crippen LogP contribution in [0.15, 0.2) is 24.3 Å². The highest BCUT2D eigenvalue weighted by molar-refractivity contribution is 6.30. The predicted molar refractivity (Wildman–Crippen MR) is 99.0 cm³/mol. The zero-order chi connectivity index (χ0) is 16.3. The van der Waals surface area contributed by atoms with Crippen LogP contribution in [-0.4, -0.2) is 50.7 Å². The molecule has 24 heavy (non-hydrogen) atoms. The molecule has 1 N–H and O–H groups in total. The molecular formula is C18H26Cl2N2O2. The van der Waals surface area contributed by atoms with Crippen molar-refractivity contribution in [2.75, 3.05) is 39.9 Å². The Morgan fingerprint density at radius 2 is 2.17 bits per heavy atom. The van der Waals surface area contributed by atoms with Gasteiger partial charge in [-0.05, 0) is 56.5 Å². The summed E-state index contributed by atoms with van der Waals surface area (Å²) >= 11 is 6.19. The van der Waals surface area contributed by atoms with Crippen molar-refractivity contribution in [2.24, 2.45) is 5.92 Å². The van der Waals surface area contributed by atoms with Gasteiger partial charge in [0, 0.05) is 31.3 Å². The fraction of sp³-hybridized carbons (Fsp3) is 0.611. The second kappa shape index (κ2) is 8.52. The van der Waals surface area contributed by atoms with Crippen LogP contribution in [0.4, 0.5) is 0 Å². The number of halogens is 2. The first-order valence-corrected chi connectivity index (χ1v) is 8.81. The van der Waals surface area contributed by atoms with Crippen LogP contribution >= 0.6 is 24.0 Å². The number of benzene rings is 1. The number of likely N-dealkylation sites (tertiary alicyclic amines) is 1. The Hall–Kier alpha value is -0.810. The smallest absolute Gasteiger partial charge is 0.233 e. The summed E-state index contributed by atoms with van der Waals surface area (Å²) in [7, 11) is 1.97. The van der Waals surface area contributed by atoms with Crippen LogP contribution < -0.4 is 5.32 Å². The Morgan fingerprint density at radius 1 is 1.42 bits per heavy atom. The van der Waals surface area contributed by atoms with Gasteiger partial charge in [0.1, 0.15) is 0 Å². The first kappa shape index (κ1) is 19.5. The Labute approximate surface area is 155 Å². The average Bonchev–Trinajstić information content (AvgIpc) is 3.04. The lowest BCUT2D eigenvalue weighted by atomic mass is 9.73. The molecule has 0 spiro atoms. The number of amides is 1. The van der Waals surface area contributed by atoms with E-state index in [2.05, 4.69) is 5.32 Å². The Kier molecular flexibility index (Phi) is 6.93. The van der Waals surface area contributed by atoms with Crippen LogP contribution in [0.3, 0.4) is 0 Å². The Morgan fingerprint density at radius 3 is 2.83 bits per heavy atom. The molecule has 1 aromatic carbocycles. The second-order valence-corrected chi connectivity index (χ2v) is 7.10. The molecule has 0 saturated carbocycles. The highest BCUT2D eigenvalue weighted by Crippen LogP contribution is 2.38. The first-order chi connectivity index (χ1) is 11.2. The van der Waals surface area contributed by atoms with Crippen LogP contribution in [0.5, 0.6) is 0 Å². The molecule has 6 heteroatoms. The van der Waals surface area contributed by atoms with E-state index in [0.717, 1.165) is 44.5 Å². The van der Waals surface area contributed by atoms with Crippen molar-refractivity contribution in [3.63, 3.8) is 0 Å². The van der Waals surface area contributed by atoms with Crippen LogP contribution in [0.25, 0.3) is 0 Å². The molecule has 2 fully saturated rings. The summed E-state index contributed by atoms with van der Waals surface area (Å²) in [6.07, 6.45) is 2.55. The lowest BCUT2D eigenvalue weighted by Crippen LogP contribution is -2.49. The number of nitrogens with one attached hydrogen (secondary N) is 1. The second-order valence-electron chi connectivity index (χ2n) is 6.67. The molecule has 2 aliphatic rings. The van der Waals surface area contributed by atoms with Crippen molar-refractivity contribution in [2.45, 2.75) is 24.7 Å². The third kappa shape index (κ3) is 3.88. The summed E-state index contributed by atoms with van der Waals surface area (Å²) in [5, 5.41) is 3.91. The third-order valence-electron chi connectivity index (χ3n) is 5.20. The van der Waals surface area contributed by atoms with Crippen LogP contribution in [0.2, 0.25) is 5.02 Å². The van der Waals surface area contributed by atoms with E-state index >= 15 is 0 Å². The molecule has 2 saturated heterocycles. The van der Waals surface area contributed by atoms with Gasteiger partial charge in [0.05, 0.1) is 5.41 Å². The zero-order valence-electron chi connectivity index (χ0n) is 14.1. The maximum absolute atomic E-state index is 13.4. The molecule has 3 rings (SSSR count). The molecule has 0 aliphatic carbocycles.